The van der Waals surface area contributed by atoms with Crippen LogP contribution in [0.1, 0.15) is 24.4 Å². The van der Waals surface area contributed by atoms with E-state index in [0.29, 0.717) is 24.1 Å². The molecule has 118 valence electrons. The third-order valence-electron chi connectivity index (χ3n) is 4.12. The largest absolute Gasteiger partial charge is 0.334 e. The summed E-state index contributed by atoms with van der Waals surface area (Å²) in [5, 5.41) is 23.8. The van der Waals surface area contributed by atoms with Crippen LogP contribution in [-0.4, -0.2) is 36.7 Å². The Morgan fingerprint density at radius 1 is 1.43 bits per heavy atom. The van der Waals surface area contributed by atoms with Gasteiger partial charge in [-0.1, -0.05) is 6.08 Å². The normalized spacial score (nSPS) is 17.7. The molecule has 1 unspecified atom stereocenters. The number of hydrogen-bond donors (Lipinski definition) is 1. The van der Waals surface area contributed by atoms with Crippen molar-refractivity contribution in [3.8, 4) is 11.5 Å². The van der Waals surface area contributed by atoms with Gasteiger partial charge in [0.2, 0.25) is 5.95 Å². The van der Waals surface area contributed by atoms with Gasteiger partial charge in [0.25, 0.3) is 0 Å². The number of nitrogens with zero attached hydrogens (tertiary/aromatic N) is 6. The first-order chi connectivity index (χ1) is 11.4. The lowest BCUT2D eigenvalue weighted by Gasteiger charge is -2.25. The van der Waals surface area contributed by atoms with Crippen molar-refractivity contribution in [1.82, 2.24) is 30.2 Å². The zero-order chi connectivity index (χ0) is 15.6. The van der Waals surface area contributed by atoms with Gasteiger partial charge in [0, 0.05) is 13.1 Å². The Morgan fingerprint density at radius 3 is 3.13 bits per heavy atom. The lowest BCUT2D eigenvalue weighted by molar-refractivity contribution is 0.678. The van der Waals surface area contributed by atoms with Gasteiger partial charge in [0.05, 0.1) is 12.2 Å². The summed E-state index contributed by atoms with van der Waals surface area (Å²) in [5.74, 6) is 1.58. The van der Waals surface area contributed by atoms with Gasteiger partial charge in [-0.2, -0.15) is 26.7 Å². The van der Waals surface area contributed by atoms with E-state index in [1.807, 2.05) is 6.08 Å². The van der Waals surface area contributed by atoms with E-state index >= 15 is 0 Å². The Morgan fingerprint density at radius 2 is 2.39 bits per heavy atom. The number of aromatic nitrogens is 6. The molecule has 8 heteroatoms. The molecular weight excluding hydrogens is 310 g/mol. The van der Waals surface area contributed by atoms with Crippen molar-refractivity contribution >= 4 is 17.3 Å². The van der Waals surface area contributed by atoms with Crippen LogP contribution >= 0.6 is 11.3 Å². The summed E-state index contributed by atoms with van der Waals surface area (Å²) in [6.07, 6.45) is 5.80. The summed E-state index contributed by atoms with van der Waals surface area (Å²) in [6, 6.07) is 2.56. The minimum atomic E-state index is 0.360. The van der Waals surface area contributed by atoms with Gasteiger partial charge < -0.3 is 4.90 Å². The SMILES string of the molecule is C=CCn1c(-c2cn[nH]n2)nnc1N1CCCC1c1ccsc1. The second kappa shape index (κ2) is 5.96. The maximum absolute atomic E-state index is 4.45. The monoisotopic (exact) mass is 327 g/mol. The van der Waals surface area contributed by atoms with Crippen molar-refractivity contribution in [1.29, 1.82) is 0 Å². The Balaban J connectivity index is 1.75. The first-order valence-electron chi connectivity index (χ1n) is 7.57. The molecule has 1 N–H and O–H groups in total. The fourth-order valence-electron chi connectivity index (χ4n) is 3.12. The third-order valence-corrected chi connectivity index (χ3v) is 4.83. The molecule has 0 aromatic carbocycles. The molecule has 0 radical (unpaired) electrons. The van der Waals surface area contributed by atoms with Crippen molar-refractivity contribution in [2.45, 2.75) is 25.4 Å². The highest BCUT2D eigenvalue weighted by molar-refractivity contribution is 7.08. The van der Waals surface area contributed by atoms with Crippen LogP contribution in [0, 0.1) is 0 Å². The van der Waals surface area contributed by atoms with E-state index in [0.717, 1.165) is 25.3 Å². The molecule has 0 amide bonds. The zero-order valence-electron chi connectivity index (χ0n) is 12.6. The van der Waals surface area contributed by atoms with Crippen LogP contribution in [0.5, 0.6) is 0 Å². The standard InChI is InChI=1S/C15H17N7S/c1-2-6-22-14(12-9-16-20-17-12)18-19-15(22)21-7-3-4-13(21)11-5-8-23-10-11/h2,5,8-10,13H,1,3-4,6-7H2,(H,16,17,20). The molecule has 1 saturated heterocycles. The molecule has 4 rings (SSSR count). The van der Waals surface area contributed by atoms with Crippen molar-refractivity contribution in [3.63, 3.8) is 0 Å². The summed E-state index contributed by atoms with van der Waals surface area (Å²) < 4.78 is 2.05. The number of thiophene rings is 1. The molecular formula is C15H17N7S. The Kier molecular flexibility index (Phi) is 3.66. The number of anilines is 1. The van der Waals surface area contributed by atoms with E-state index in [9.17, 15) is 0 Å². The van der Waals surface area contributed by atoms with Crippen LogP contribution in [-0.2, 0) is 6.54 Å². The van der Waals surface area contributed by atoms with Gasteiger partial charge in [-0.25, -0.2) is 0 Å². The van der Waals surface area contributed by atoms with Gasteiger partial charge in [0.15, 0.2) is 5.82 Å². The summed E-state index contributed by atoms with van der Waals surface area (Å²) >= 11 is 1.73. The number of allylic oxidation sites excluding steroid dienone is 1. The first kappa shape index (κ1) is 14.1. The molecule has 0 aliphatic carbocycles. The quantitative estimate of drug-likeness (QED) is 0.729. The van der Waals surface area contributed by atoms with E-state index in [1.54, 1.807) is 17.5 Å². The van der Waals surface area contributed by atoms with Crippen molar-refractivity contribution in [2.75, 3.05) is 11.4 Å². The zero-order valence-corrected chi connectivity index (χ0v) is 13.4. The lowest BCUT2D eigenvalue weighted by atomic mass is 10.1. The van der Waals surface area contributed by atoms with Gasteiger partial charge >= 0.3 is 0 Å². The van der Waals surface area contributed by atoms with Gasteiger partial charge in [0.1, 0.15) is 5.69 Å². The molecule has 1 aliphatic heterocycles. The molecule has 1 fully saturated rings. The second-order valence-electron chi connectivity index (χ2n) is 5.49. The number of aromatic amines is 1. The number of nitrogens with one attached hydrogen (secondary N) is 1. The van der Waals surface area contributed by atoms with E-state index in [1.165, 1.54) is 5.56 Å². The highest BCUT2D eigenvalue weighted by Crippen LogP contribution is 2.37. The van der Waals surface area contributed by atoms with E-state index < -0.39 is 0 Å². The van der Waals surface area contributed by atoms with Gasteiger partial charge in [-0.15, -0.1) is 16.8 Å². The lowest BCUT2D eigenvalue weighted by Crippen LogP contribution is -2.25. The van der Waals surface area contributed by atoms with Crippen molar-refractivity contribution < 1.29 is 0 Å². The Bertz CT molecular complexity index is 775. The van der Waals surface area contributed by atoms with Crippen LogP contribution in [0.3, 0.4) is 0 Å². The van der Waals surface area contributed by atoms with E-state index in [4.69, 9.17) is 0 Å². The maximum Gasteiger partial charge on any atom is 0.228 e. The van der Waals surface area contributed by atoms with Crippen LogP contribution in [0.25, 0.3) is 11.5 Å². The van der Waals surface area contributed by atoms with Crippen LogP contribution in [0.2, 0.25) is 0 Å². The average Bonchev–Trinajstić information content (AvgIpc) is 3.32. The van der Waals surface area contributed by atoms with Gasteiger partial charge in [-0.05, 0) is 35.2 Å². The third kappa shape index (κ3) is 2.44. The molecule has 1 atom stereocenters. The van der Waals surface area contributed by atoms with Crippen LogP contribution in [0.15, 0.2) is 35.7 Å². The topological polar surface area (TPSA) is 75.5 Å². The van der Waals surface area contributed by atoms with Crippen molar-refractivity contribution in [3.05, 3.63) is 41.2 Å². The molecule has 3 aromatic rings. The number of rotatable bonds is 5. The molecule has 3 aromatic heterocycles. The highest BCUT2D eigenvalue weighted by atomic mass is 32.1. The molecule has 7 nitrogen and oxygen atoms in total. The predicted molar refractivity (Wildman–Crippen MR) is 89.2 cm³/mol. The minimum Gasteiger partial charge on any atom is -0.334 e. The molecule has 0 spiro atoms. The summed E-state index contributed by atoms with van der Waals surface area (Å²) in [5.41, 5.74) is 2.04. The Labute approximate surface area is 137 Å². The van der Waals surface area contributed by atoms with E-state index in [2.05, 4.69) is 58.5 Å². The summed E-state index contributed by atoms with van der Waals surface area (Å²) in [4.78, 5) is 2.34. The molecule has 23 heavy (non-hydrogen) atoms. The minimum absolute atomic E-state index is 0.360. The molecule has 4 heterocycles. The predicted octanol–water partition coefficient (Wildman–Crippen LogP) is 2.65. The van der Waals surface area contributed by atoms with Gasteiger partial charge in [-0.3, -0.25) is 4.57 Å². The second-order valence-corrected chi connectivity index (χ2v) is 6.27. The van der Waals surface area contributed by atoms with Crippen molar-refractivity contribution in [2.24, 2.45) is 0 Å². The molecule has 0 saturated carbocycles. The number of H-pyrrole nitrogens is 1. The van der Waals surface area contributed by atoms with E-state index in [-0.39, 0.29) is 0 Å². The summed E-state index contributed by atoms with van der Waals surface area (Å²) in [6.45, 7) is 5.47. The maximum atomic E-state index is 4.45. The fraction of sp³-hybridized carbons (Fsp3) is 0.333. The Hall–Kier alpha value is -2.48. The average molecular weight is 327 g/mol. The number of hydrogen-bond acceptors (Lipinski definition) is 6. The van der Waals surface area contributed by atoms with Crippen LogP contribution in [0.4, 0.5) is 5.95 Å². The highest BCUT2D eigenvalue weighted by Gasteiger charge is 2.31. The summed E-state index contributed by atoms with van der Waals surface area (Å²) in [7, 11) is 0. The molecule has 0 bridgehead atoms. The smallest absolute Gasteiger partial charge is 0.228 e. The van der Waals surface area contributed by atoms with Crippen LogP contribution < -0.4 is 4.90 Å². The fourth-order valence-corrected chi connectivity index (χ4v) is 3.83. The molecule has 1 aliphatic rings. The first-order valence-corrected chi connectivity index (χ1v) is 8.51.